The summed E-state index contributed by atoms with van der Waals surface area (Å²) >= 11 is 0. The largest absolute Gasteiger partial charge is 0.461 e. The number of nitrogens with zero attached hydrogens (tertiary/aromatic N) is 3. The zero-order valence-electron chi connectivity index (χ0n) is 12.2. The molecule has 0 saturated heterocycles. The molecule has 1 N–H and O–H groups in total. The van der Waals surface area contributed by atoms with Gasteiger partial charge in [0.15, 0.2) is 5.69 Å². The van der Waals surface area contributed by atoms with Crippen LogP contribution in [0.4, 0.5) is 5.69 Å². The Morgan fingerprint density at radius 2 is 2.05 bits per heavy atom. The minimum atomic E-state index is -0.498. The van der Waals surface area contributed by atoms with Gasteiger partial charge in [-0.25, -0.2) is 4.79 Å². The summed E-state index contributed by atoms with van der Waals surface area (Å²) in [6, 6.07) is 7.48. The number of aliphatic hydroxyl groups is 1. The summed E-state index contributed by atoms with van der Waals surface area (Å²) in [4.78, 5) is 14.0. The highest BCUT2D eigenvalue weighted by molar-refractivity contribution is 6.03. The second kappa shape index (κ2) is 6.99. The second-order valence-electron chi connectivity index (χ2n) is 4.44. The Kier molecular flexibility index (Phi) is 5.05. The lowest BCUT2D eigenvalue weighted by Crippen LogP contribution is -2.29. The van der Waals surface area contributed by atoms with Crippen LogP contribution in [0.3, 0.4) is 0 Å². The summed E-state index contributed by atoms with van der Waals surface area (Å²) < 4.78 is 5.06. The van der Waals surface area contributed by atoms with Gasteiger partial charge in [0, 0.05) is 18.5 Å². The van der Waals surface area contributed by atoms with Crippen LogP contribution >= 0.6 is 0 Å². The van der Waals surface area contributed by atoms with Gasteiger partial charge < -0.3 is 14.7 Å². The van der Waals surface area contributed by atoms with Crippen LogP contribution in [-0.4, -0.2) is 47.6 Å². The third-order valence-electron chi connectivity index (χ3n) is 3.18. The number of likely N-dealkylation sites (N-methyl/N-ethyl adjacent to an activating group) is 1. The van der Waals surface area contributed by atoms with Gasteiger partial charge in [-0.1, -0.05) is 18.2 Å². The maximum absolute atomic E-state index is 12.1. The molecule has 1 heterocycles. The lowest BCUT2D eigenvalue weighted by Gasteiger charge is -2.24. The summed E-state index contributed by atoms with van der Waals surface area (Å²) in [5.74, 6) is -0.498. The number of ether oxygens (including phenoxy) is 1. The Morgan fingerprint density at radius 3 is 2.71 bits per heavy atom. The van der Waals surface area contributed by atoms with Crippen molar-refractivity contribution >= 4 is 22.6 Å². The first-order valence-corrected chi connectivity index (χ1v) is 7.01. The maximum Gasteiger partial charge on any atom is 0.361 e. The summed E-state index contributed by atoms with van der Waals surface area (Å²) in [6.45, 7) is 5.03. The van der Waals surface area contributed by atoms with Crippen molar-refractivity contribution in [2.75, 3.05) is 31.2 Å². The number of rotatable bonds is 6. The van der Waals surface area contributed by atoms with Crippen molar-refractivity contribution in [3.8, 4) is 0 Å². The summed E-state index contributed by atoms with van der Waals surface area (Å²) in [7, 11) is 0. The van der Waals surface area contributed by atoms with Gasteiger partial charge in [0.1, 0.15) is 0 Å². The highest BCUT2D eigenvalue weighted by Gasteiger charge is 2.22. The number of aliphatic hydroxyl groups excluding tert-OH is 1. The quantitative estimate of drug-likeness (QED) is 0.815. The van der Waals surface area contributed by atoms with Gasteiger partial charge in [0.05, 0.1) is 24.4 Å². The van der Waals surface area contributed by atoms with Crippen molar-refractivity contribution in [2.24, 2.45) is 0 Å². The van der Waals surface area contributed by atoms with E-state index in [1.165, 1.54) is 0 Å². The number of carbonyl (C=O) groups is 1. The molecule has 0 fully saturated rings. The van der Waals surface area contributed by atoms with E-state index < -0.39 is 5.97 Å². The molecule has 0 aliphatic heterocycles. The fourth-order valence-electron chi connectivity index (χ4n) is 2.25. The fourth-order valence-corrected chi connectivity index (χ4v) is 2.25. The smallest absolute Gasteiger partial charge is 0.361 e. The van der Waals surface area contributed by atoms with Crippen molar-refractivity contribution in [3.05, 3.63) is 30.0 Å². The Hall–Kier alpha value is -2.21. The lowest BCUT2D eigenvalue weighted by atomic mass is 10.1. The first-order chi connectivity index (χ1) is 10.2. The highest BCUT2D eigenvalue weighted by atomic mass is 16.5. The third kappa shape index (κ3) is 3.11. The van der Waals surface area contributed by atoms with Gasteiger partial charge in [-0.05, 0) is 19.9 Å². The maximum atomic E-state index is 12.1. The number of hydrogen-bond acceptors (Lipinski definition) is 6. The van der Waals surface area contributed by atoms with Crippen molar-refractivity contribution in [1.82, 2.24) is 10.2 Å². The van der Waals surface area contributed by atoms with Crippen LogP contribution in [0.2, 0.25) is 0 Å². The predicted octanol–water partition coefficient (Wildman–Crippen LogP) is 1.63. The molecular weight excluding hydrogens is 270 g/mol. The van der Waals surface area contributed by atoms with Gasteiger partial charge in [0.25, 0.3) is 0 Å². The normalized spacial score (nSPS) is 10.6. The zero-order valence-corrected chi connectivity index (χ0v) is 12.2. The molecule has 0 unspecified atom stereocenters. The van der Waals surface area contributed by atoms with Gasteiger partial charge in [-0.2, -0.15) is 0 Å². The minimum Gasteiger partial charge on any atom is -0.461 e. The lowest BCUT2D eigenvalue weighted by molar-refractivity contribution is 0.0519. The second-order valence-corrected chi connectivity index (χ2v) is 4.44. The summed E-state index contributed by atoms with van der Waals surface area (Å²) in [6.07, 6.45) is 0. The number of anilines is 1. The molecule has 0 spiro atoms. The molecule has 6 heteroatoms. The van der Waals surface area contributed by atoms with Crippen LogP contribution < -0.4 is 4.90 Å². The van der Waals surface area contributed by atoms with Gasteiger partial charge >= 0.3 is 5.97 Å². The molecule has 0 aliphatic rings. The number of hydrogen-bond donors (Lipinski definition) is 1. The van der Waals surface area contributed by atoms with Crippen LogP contribution in [0.5, 0.6) is 0 Å². The molecule has 112 valence electrons. The van der Waals surface area contributed by atoms with E-state index in [1.54, 1.807) is 6.92 Å². The van der Waals surface area contributed by atoms with E-state index in [9.17, 15) is 9.90 Å². The van der Waals surface area contributed by atoms with E-state index in [0.717, 1.165) is 5.39 Å². The van der Waals surface area contributed by atoms with E-state index in [4.69, 9.17) is 4.74 Å². The molecule has 0 saturated carbocycles. The molecule has 2 aromatic rings. The Bertz CT molecular complexity index is 631. The van der Waals surface area contributed by atoms with Crippen molar-refractivity contribution in [3.63, 3.8) is 0 Å². The van der Waals surface area contributed by atoms with Crippen molar-refractivity contribution in [1.29, 1.82) is 0 Å². The Labute approximate surface area is 123 Å². The minimum absolute atomic E-state index is 0.00719. The van der Waals surface area contributed by atoms with Crippen molar-refractivity contribution in [2.45, 2.75) is 13.8 Å². The molecule has 0 bridgehead atoms. The zero-order chi connectivity index (χ0) is 15.2. The first kappa shape index (κ1) is 15.2. The molecule has 2 rings (SSSR count). The standard InChI is InChI=1S/C15H19N3O3/c1-3-18(9-10-19)14-11-7-5-6-8-12(11)16-17-13(14)15(20)21-4-2/h5-8,19H,3-4,9-10H2,1-2H3. The van der Waals surface area contributed by atoms with Crippen LogP contribution in [0.25, 0.3) is 10.9 Å². The molecule has 0 atom stereocenters. The van der Waals surface area contributed by atoms with E-state index in [2.05, 4.69) is 10.2 Å². The highest BCUT2D eigenvalue weighted by Crippen LogP contribution is 2.28. The molecule has 0 radical (unpaired) electrons. The number of aromatic nitrogens is 2. The summed E-state index contributed by atoms with van der Waals surface area (Å²) in [5, 5.41) is 18.2. The number of benzene rings is 1. The molecule has 1 aromatic carbocycles. The van der Waals surface area contributed by atoms with Gasteiger partial charge in [-0.15, -0.1) is 10.2 Å². The van der Waals surface area contributed by atoms with E-state index in [-0.39, 0.29) is 18.9 Å². The van der Waals surface area contributed by atoms with Gasteiger partial charge in [0.2, 0.25) is 0 Å². The molecule has 6 nitrogen and oxygen atoms in total. The molecule has 21 heavy (non-hydrogen) atoms. The molecule has 0 amide bonds. The number of fused-ring (bicyclic) bond motifs is 1. The molecule has 0 aliphatic carbocycles. The van der Waals surface area contributed by atoms with Gasteiger partial charge in [-0.3, -0.25) is 0 Å². The van der Waals surface area contributed by atoms with E-state index >= 15 is 0 Å². The van der Waals surface area contributed by atoms with Crippen LogP contribution in [0.15, 0.2) is 24.3 Å². The first-order valence-electron chi connectivity index (χ1n) is 7.01. The average Bonchev–Trinajstić information content (AvgIpc) is 2.52. The van der Waals surface area contributed by atoms with E-state index in [1.807, 2.05) is 36.1 Å². The average molecular weight is 289 g/mol. The third-order valence-corrected chi connectivity index (χ3v) is 3.18. The molecular formula is C15H19N3O3. The predicted molar refractivity (Wildman–Crippen MR) is 80.5 cm³/mol. The van der Waals surface area contributed by atoms with Crippen LogP contribution in [0.1, 0.15) is 24.3 Å². The SMILES string of the molecule is CCOC(=O)c1nnc2ccccc2c1N(CC)CCO. The topological polar surface area (TPSA) is 75.5 Å². The monoisotopic (exact) mass is 289 g/mol. The Balaban J connectivity index is 2.64. The Morgan fingerprint density at radius 1 is 1.29 bits per heavy atom. The fraction of sp³-hybridized carbons (Fsp3) is 0.400. The van der Waals surface area contributed by atoms with Crippen molar-refractivity contribution < 1.29 is 14.6 Å². The van der Waals surface area contributed by atoms with Crippen LogP contribution in [-0.2, 0) is 4.74 Å². The summed E-state index contributed by atoms with van der Waals surface area (Å²) in [5.41, 5.74) is 1.55. The van der Waals surface area contributed by atoms with Crippen LogP contribution in [0, 0.1) is 0 Å². The number of esters is 1. The number of carbonyl (C=O) groups excluding carboxylic acids is 1. The molecule has 1 aromatic heterocycles. The van der Waals surface area contributed by atoms with E-state index in [0.29, 0.717) is 24.3 Å².